The number of nitriles is 1. The van der Waals surface area contributed by atoms with E-state index in [1.165, 1.54) is 0 Å². The zero-order valence-electron chi connectivity index (χ0n) is 12.1. The number of nitrogens with zero attached hydrogens (tertiary/aromatic N) is 2. The maximum absolute atomic E-state index is 9.89. The van der Waals surface area contributed by atoms with Gasteiger partial charge in [0.25, 0.3) is 0 Å². The summed E-state index contributed by atoms with van der Waals surface area (Å²) in [5, 5.41) is 28.6. The molecular formula is C16H22N2O2. The Kier molecular flexibility index (Phi) is 4.64. The smallest absolute Gasteiger partial charge is 0.0992 e. The Hall–Kier alpha value is -1.57. The predicted octanol–water partition coefficient (Wildman–Crippen LogP) is 2.21. The lowest BCUT2D eigenvalue weighted by Crippen LogP contribution is -2.37. The molecule has 0 saturated carbocycles. The van der Waals surface area contributed by atoms with Crippen molar-refractivity contribution in [1.82, 2.24) is 0 Å². The lowest BCUT2D eigenvalue weighted by atomic mass is 9.91. The zero-order chi connectivity index (χ0) is 14.7. The Morgan fingerprint density at radius 1 is 1.25 bits per heavy atom. The van der Waals surface area contributed by atoms with Crippen molar-refractivity contribution < 1.29 is 10.2 Å². The summed E-state index contributed by atoms with van der Waals surface area (Å²) in [4.78, 5) is 2.21. The summed E-state index contributed by atoms with van der Waals surface area (Å²) >= 11 is 0. The number of rotatable bonds is 3. The third-order valence-corrected chi connectivity index (χ3v) is 4.17. The Balaban J connectivity index is 2.22. The van der Waals surface area contributed by atoms with Gasteiger partial charge < -0.3 is 15.1 Å². The number of hydrogen-bond acceptors (Lipinski definition) is 4. The molecule has 1 aromatic rings. The van der Waals surface area contributed by atoms with Crippen LogP contribution in [0.25, 0.3) is 0 Å². The molecule has 20 heavy (non-hydrogen) atoms. The van der Waals surface area contributed by atoms with E-state index in [0.29, 0.717) is 11.5 Å². The normalized spacial score (nSPS) is 19.4. The fraction of sp³-hybridized carbons (Fsp3) is 0.562. The molecule has 1 heterocycles. The molecule has 4 nitrogen and oxygen atoms in total. The molecule has 1 fully saturated rings. The Labute approximate surface area is 120 Å². The van der Waals surface area contributed by atoms with Crippen molar-refractivity contribution in [2.45, 2.75) is 38.9 Å². The van der Waals surface area contributed by atoms with Gasteiger partial charge in [-0.05, 0) is 44.7 Å². The summed E-state index contributed by atoms with van der Waals surface area (Å²) in [6.07, 6.45) is 1.06. The first-order valence-electron chi connectivity index (χ1n) is 7.18. The topological polar surface area (TPSA) is 67.5 Å². The van der Waals surface area contributed by atoms with Crippen molar-refractivity contribution in [2.75, 3.05) is 18.0 Å². The molecule has 1 aliphatic rings. The maximum Gasteiger partial charge on any atom is 0.0992 e. The van der Waals surface area contributed by atoms with Gasteiger partial charge in [0.1, 0.15) is 0 Å². The minimum absolute atomic E-state index is 0.265. The van der Waals surface area contributed by atoms with Crippen LogP contribution < -0.4 is 4.90 Å². The lowest BCUT2D eigenvalue weighted by molar-refractivity contribution is 0.109. The summed E-state index contributed by atoms with van der Waals surface area (Å²) in [5.74, 6) is 0.348. The van der Waals surface area contributed by atoms with Crippen LogP contribution in [-0.4, -0.2) is 29.4 Å². The zero-order valence-corrected chi connectivity index (χ0v) is 12.1. The fourth-order valence-electron chi connectivity index (χ4n) is 2.86. The van der Waals surface area contributed by atoms with E-state index in [9.17, 15) is 10.2 Å². The van der Waals surface area contributed by atoms with Crippen LogP contribution in [0.4, 0.5) is 5.69 Å². The molecule has 0 bridgehead atoms. The van der Waals surface area contributed by atoms with Crippen molar-refractivity contribution in [3.8, 4) is 6.07 Å². The first kappa shape index (κ1) is 14.8. The first-order chi connectivity index (χ1) is 9.52. The molecule has 0 amide bonds. The van der Waals surface area contributed by atoms with Crippen LogP contribution in [0.3, 0.4) is 0 Å². The monoisotopic (exact) mass is 274 g/mol. The molecule has 1 aromatic carbocycles. The highest BCUT2D eigenvalue weighted by Crippen LogP contribution is 2.31. The second kappa shape index (κ2) is 6.25. The largest absolute Gasteiger partial charge is 0.393 e. The highest BCUT2D eigenvalue weighted by atomic mass is 16.3. The van der Waals surface area contributed by atoms with Crippen LogP contribution in [0.2, 0.25) is 0 Å². The van der Waals surface area contributed by atoms with Gasteiger partial charge >= 0.3 is 0 Å². The van der Waals surface area contributed by atoms with E-state index in [1.807, 2.05) is 19.1 Å². The second-order valence-electron chi connectivity index (χ2n) is 5.63. The van der Waals surface area contributed by atoms with E-state index in [4.69, 9.17) is 5.26 Å². The van der Waals surface area contributed by atoms with Gasteiger partial charge in [0.15, 0.2) is 0 Å². The number of benzene rings is 1. The minimum Gasteiger partial charge on any atom is -0.393 e. The van der Waals surface area contributed by atoms with Crippen molar-refractivity contribution in [3.63, 3.8) is 0 Å². The van der Waals surface area contributed by atoms with Crippen LogP contribution in [-0.2, 0) is 0 Å². The van der Waals surface area contributed by atoms with Crippen molar-refractivity contribution >= 4 is 5.69 Å². The van der Waals surface area contributed by atoms with Crippen molar-refractivity contribution in [2.24, 2.45) is 5.92 Å². The summed E-state index contributed by atoms with van der Waals surface area (Å²) in [5.41, 5.74) is 2.42. The number of hydrogen-bond donors (Lipinski definition) is 2. The van der Waals surface area contributed by atoms with Gasteiger partial charge in [-0.3, -0.25) is 0 Å². The minimum atomic E-state index is -0.549. The Morgan fingerprint density at radius 3 is 2.40 bits per heavy atom. The van der Waals surface area contributed by atoms with E-state index in [0.717, 1.165) is 37.2 Å². The molecule has 0 radical (unpaired) electrons. The van der Waals surface area contributed by atoms with E-state index in [-0.39, 0.29) is 6.10 Å². The van der Waals surface area contributed by atoms with Crippen LogP contribution in [0.5, 0.6) is 0 Å². The first-order valence-corrected chi connectivity index (χ1v) is 7.18. The summed E-state index contributed by atoms with van der Waals surface area (Å²) in [7, 11) is 0. The van der Waals surface area contributed by atoms with E-state index >= 15 is 0 Å². The number of aliphatic hydroxyl groups excluding tert-OH is 2. The highest BCUT2D eigenvalue weighted by Gasteiger charge is 2.24. The van der Waals surface area contributed by atoms with E-state index in [2.05, 4.69) is 11.0 Å². The summed E-state index contributed by atoms with van der Waals surface area (Å²) in [6, 6.07) is 7.58. The lowest BCUT2D eigenvalue weighted by Gasteiger charge is -2.36. The average molecular weight is 274 g/mol. The maximum atomic E-state index is 9.89. The molecule has 2 atom stereocenters. The number of aliphatic hydroxyl groups is 2. The Bertz CT molecular complexity index is 498. The summed E-state index contributed by atoms with van der Waals surface area (Å²) in [6.45, 7) is 5.29. The van der Waals surface area contributed by atoms with E-state index < -0.39 is 6.10 Å². The number of piperidine rings is 1. The molecule has 1 saturated heterocycles. The molecule has 0 aromatic heterocycles. The molecule has 1 aliphatic heterocycles. The third kappa shape index (κ3) is 3.12. The van der Waals surface area contributed by atoms with Crippen LogP contribution in [0, 0.1) is 17.2 Å². The molecule has 2 rings (SSSR count). The van der Waals surface area contributed by atoms with Gasteiger partial charge in [0.05, 0.1) is 23.8 Å². The molecular weight excluding hydrogens is 252 g/mol. The highest BCUT2D eigenvalue weighted by molar-refractivity contribution is 5.58. The van der Waals surface area contributed by atoms with Gasteiger partial charge in [0, 0.05) is 24.3 Å². The Morgan fingerprint density at radius 2 is 1.90 bits per heavy atom. The van der Waals surface area contributed by atoms with E-state index in [1.54, 1.807) is 13.0 Å². The molecule has 0 aliphatic carbocycles. The van der Waals surface area contributed by atoms with Crippen LogP contribution >= 0.6 is 0 Å². The van der Waals surface area contributed by atoms with Gasteiger partial charge in [0.2, 0.25) is 0 Å². The molecule has 2 N–H and O–H groups in total. The quantitative estimate of drug-likeness (QED) is 0.886. The standard InChI is InChI=1S/C16H22N2O2/c1-11(19)14-5-7-18(8-6-14)16-9-13(10-17)3-4-15(16)12(2)20/h3-4,9,11-12,14,19-20H,5-8H2,1-2H3. The van der Waals surface area contributed by atoms with Gasteiger partial charge in [-0.1, -0.05) is 6.07 Å². The SMILES string of the molecule is CC(O)c1ccc(C#N)cc1N1CCC(C(C)O)CC1. The van der Waals surface area contributed by atoms with Crippen molar-refractivity contribution in [1.29, 1.82) is 5.26 Å². The fourth-order valence-corrected chi connectivity index (χ4v) is 2.86. The summed E-state index contributed by atoms with van der Waals surface area (Å²) < 4.78 is 0. The third-order valence-electron chi connectivity index (χ3n) is 4.17. The van der Waals surface area contributed by atoms with Crippen molar-refractivity contribution in [3.05, 3.63) is 29.3 Å². The average Bonchev–Trinajstić information content (AvgIpc) is 2.46. The molecule has 0 spiro atoms. The number of anilines is 1. The molecule has 4 heteroatoms. The van der Waals surface area contributed by atoms with Gasteiger partial charge in [-0.15, -0.1) is 0 Å². The van der Waals surface area contributed by atoms with Gasteiger partial charge in [-0.2, -0.15) is 5.26 Å². The molecule has 108 valence electrons. The van der Waals surface area contributed by atoms with Crippen LogP contribution in [0.15, 0.2) is 18.2 Å². The van der Waals surface area contributed by atoms with Gasteiger partial charge in [-0.25, -0.2) is 0 Å². The van der Waals surface area contributed by atoms with Crippen LogP contribution in [0.1, 0.15) is 43.9 Å². The predicted molar refractivity (Wildman–Crippen MR) is 78.4 cm³/mol. The second-order valence-corrected chi connectivity index (χ2v) is 5.63. The molecule has 2 unspecified atom stereocenters.